The number of alkyl halides is 9. The van der Waals surface area contributed by atoms with Gasteiger partial charge in [0.05, 0.1) is 71.6 Å². The SMILES string of the molecule is C.C.CO.COC(=O)c1cc([N+](=O)[O-])cn1C.COC(=O)c1cc([NH3+])cn1C.ClOC(Cl)(Cl)Cl.Cn1cc(NC(=O)OCC2c3ccccc3-c3ccccc32)cc1C(=O)O.Cn1cc([N+](=O)[O-])cc1C(=O)C(Cl)(Cl)Cl.Cn1cccc1.Cn1cccc1C(=O)C(Cl)(Cl)Cl.NCCCC(=O)O.O=C(O)CCCNC(=O)OCC1c2ccccc2-c2ccccc21.O=[N+]([O-])O.[Cl-]. The van der Waals surface area contributed by atoms with Crippen molar-refractivity contribution in [3.63, 3.8) is 0 Å². The minimum atomic E-state index is -2.11. The average molecular weight is 2040 g/mol. The monoisotopic (exact) mass is 2040 g/mol. The summed E-state index contributed by atoms with van der Waals surface area (Å²) in [5.74, 6) is -4.93. The number of nitrogens with zero attached hydrogens (tertiary/aromatic N) is 9. The third-order valence-corrected chi connectivity index (χ3v) is 18.3. The van der Waals surface area contributed by atoms with Crippen LogP contribution in [0.1, 0.15) is 127 Å². The third kappa shape index (κ3) is 41.7. The van der Waals surface area contributed by atoms with E-state index in [1.165, 1.54) is 76.8 Å². The maximum atomic E-state index is 12.2. The number of aliphatic carboxylic acids is 2. The fourth-order valence-corrected chi connectivity index (χ4v) is 11.7. The van der Waals surface area contributed by atoms with E-state index < -0.39 is 74.1 Å². The van der Waals surface area contributed by atoms with Gasteiger partial charge in [-0.15, -0.1) is 10.1 Å². The highest BCUT2D eigenvalue weighted by atomic mass is 35.6. The van der Waals surface area contributed by atoms with Gasteiger partial charge in [-0.2, -0.15) is 0 Å². The number of carbonyl (C=O) groups is 9. The molecule has 0 fully saturated rings. The van der Waals surface area contributed by atoms with Gasteiger partial charge in [0.15, 0.2) is 0 Å². The Morgan fingerprint density at radius 3 is 1.15 bits per heavy atom. The van der Waals surface area contributed by atoms with Crippen LogP contribution in [0.3, 0.4) is 0 Å². The zero-order valence-corrected chi connectivity index (χ0v) is 77.4. The van der Waals surface area contributed by atoms with Gasteiger partial charge < -0.3 is 101 Å². The van der Waals surface area contributed by atoms with Gasteiger partial charge in [0.1, 0.15) is 36.0 Å². The Morgan fingerprint density at radius 2 is 0.846 bits per heavy atom. The minimum Gasteiger partial charge on any atom is -1.00 e. The molecule has 0 aliphatic heterocycles. The number of ketones is 2. The Balaban J connectivity index is 0. The van der Waals surface area contributed by atoms with Crippen molar-refractivity contribution in [3.05, 3.63) is 270 Å². The van der Waals surface area contributed by atoms with Crippen molar-refractivity contribution in [2.75, 3.05) is 52.9 Å². The summed E-state index contributed by atoms with van der Waals surface area (Å²) >= 11 is 51.6. The number of esters is 2. The molecule has 0 bridgehead atoms. The first-order valence-electron chi connectivity index (χ1n) is 36.1. The molecule has 0 saturated heterocycles. The van der Waals surface area contributed by atoms with Crippen molar-refractivity contribution in [2.45, 2.75) is 63.9 Å². The number of Topliss-reactive ketones (excluding diaryl/α,β-unsaturated/α-hetero) is 2. The highest BCUT2D eigenvalue weighted by Crippen LogP contribution is 2.46. The zero-order chi connectivity index (χ0) is 96.4. The number of aromatic nitrogens is 6. The number of fused-ring (bicyclic) bond motifs is 6. The number of benzene rings is 4. The number of carbonyl (C=O) groups excluding carboxylic acids is 6. The highest BCUT2D eigenvalue weighted by Gasteiger charge is 2.36. The molecule has 12 rings (SSSR count). The summed E-state index contributed by atoms with van der Waals surface area (Å²) in [6, 6.07) is 45.1. The number of aromatic carboxylic acids is 1. The maximum absolute atomic E-state index is 12.2. The van der Waals surface area contributed by atoms with Crippen molar-refractivity contribution in [3.8, 4) is 22.3 Å². The molecule has 38 nitrogen and oxygen atoms in total. The third-order valence-electron chi connectivity index (χ3n) is 16.6. The Kier molecular flexibility index (Phi) is 55.7. The van der Waals surface area contributed by atoms with E-state index in [1.54, 1.807) is 67.9 Å². The molecule has 10 aromatic rings. The van der Waals surface area contributed by atoms with E-state index >= 15 is 0 Å². The van der Waals surface area contributed by atoms with Gasteiger partial charge >= 0.3 is 46.0 Å². The number of aryl methyl sites for hydroxylation is 6. The van der Waals surface area contributed by atoms with Crippen LogP contribution in [0.2, 0.25) is 0 Å². The molecule has 4 aromatic carbocycles. The lowest BCUT2D eigenvalue weighted by Crippen LogP contribution is -3.00. The lowest BCUT2D eigenvalue weighted by atomic mass is 9.98. The van der Waals surface area contributed by atoms with Crippen molar-refractivity contribution < 1.29 is 125 Å². The first-order chi connectivity index (χ1) is 59.5. The number of alkyl carbamates (subject to hydrolysis) is 1. The maximum Gasteiger partial charge on any atom is 0.411 e. The molecular weight excluding hydrogens is 1940 g/mol. The number of quaternary nitrogens is 1. The highest BCUT2D eigenvalue weighted by molar-refractivity contribution is 6.78. The Bertz CT molecular complexity index is 5220. The number of anilines is 1. The predicted octanol–water partition coefficient (Wildman–Crippen LogP) is 13.8. The molecule has 2 aliphatic rings. The molecule has 6 aromatic heterocycles. The van der Waals surface area contributed by atoms with Crippen molar-refractivity contribution in [1.82, 2.24) is 32.7 Å². The molecule has 0 spiro atoms. The van der Waals surface area contributed by atoms with Gasteiger partial charge in [0.2, 0.25) is 11.6 Å². The normalized spacial score (nSPS) is 10.7. The number of nitrogens with one attached hydrogen (secondary N) is 2. The second-order valence-corrected chi connectivity index (χ2v) is 32.4. The predicted molar refractivity (Wildman–Crippen MR) is 489 cm³/mol. The first kappa shape index (κ1) is 121. The van der Waals surface area contributed by atoms with Crippen LogP contribution in [0.4, 0.5) is 32.3 Å². The molecule has 712 valence electrons. The molecule has 2 amide bonds. The summed E-state index contributed by atoms with van der Waals surface area (Å²) < 4.78 is 27.0. The van der Waals surface area contributed by atoms with Gasteiger partial charge in [-0.3, -0.25) is 44.7 Å². The summed E-state index contributed by atoms with van der Waals surface area (Å²) in [5, 5.41) is 72.2. The van der Waals surface area contributed by atoms with Gasteiger partial charge in [-0.25, -0.2) is 28.3 Å². The molecule has 130 heavy (non-hydrogen) atoms. The van der Waals surface area contributed by atoms with Crippen LogP contribution in [0.25, 0.3) is 22.3 Å². The van der Waals surface area contributed by atoms with Crippen LogP contribution in [0.15, 0.2) is 189 Å². The summed E-state index contributed by atoms with van der Waals surface area (Å²) in [7, 11) is 13.7. The lowest BCUT2D eigenvalue weighted by Gasteiger charge is -2.14. The molecule has 2 aliphatic carbocycles. The van der Waals surface area contributed by atoms with Crippen molar-refractivity contribution in [1.29, 1.82) is 0 Å². The van der Waals surface area contributed by atoms with Gasteiger partial charge in [0, 0.05) is 124 Å². The fraction of sp³-hybridized carbons (Fsp3) is 0.296. The molecule has 0 radical (unpaired) electrons. The van der Waals surface area contributed by atoms with Crippen molar-refractivity contribution >= 4 is 193 Å². The Hall–Kier alpha value is -11.2. The molecule has 0 atom stereocenters. The quantitative estimate of drug-likeness (QED) is 0.00690. The molecule has 6 heterocycles. The number of nitrogens with two attached hydrogens (primary N) is 1. The van der Waals surface area contributed by atoms with Crippen LogP contribution in [-0.4, -0.2) is 181 Å². The largest absolute Gasteiger partial charge is 1.00 e. The van der Waals surface area contributed by atoms with E-state index in [0.29, 0.717) is 43.0 Å². The standard InChI is InChI=1S/C21H18N2O4.C19H19NO4.C7H5Cl3N2O3.C7H6Cl3NO.C7H8N2O4.C7H10N2O2.C5H7N.C4H9NO2.CCl4O.CH4O.2CH4.ClH.HNO3/c1-23-11-13(10-19(23)20(24)25)22-21(26)27-12-18-16-8-4-2-6-14(16)15-7-3-5-9-17(15)18;21-18(22)10-5-11-20-19(23)24-12-17-15-8-3-1-6-13(15)14-7-2-4-9-16(14)17;1-11-3-4(12(14)15)2-5(11)6(13)7(8,9)10;1-11-4-2-3-5(11)6(12)7(8,9)10;1-8-4-5(9(11)12)3-6(8)7(10)13-2;1-9-4-5(8)3-6(9)7(10)11-2;1-6-4-2-3-5-6;5-3-1-2-4(6)7;2-1(3,4)6-5;1-2;;;;2-1(3)4/h2-11,18H,12H2,1H3,(H,22,26)(H,24,25);1-4,6-9,17H,5,10-12H2,(H,20,23)(H,21,22);2-3H,1H3;2-4H,1H3;3-4H,1-2H3;3-4H,8H2,1-2H3;2-5H,1H3;1-3,5H2,(H,6,7);;2H,1H3;2*1H4;1H;(H,2,3,4). The summed E-state index contributed by atoms with van der Waals surface area (Å²) in [6.45, 7) is 1.23. The number of ether oxygens (including phenoxy) is 4. The topological polar surface area (TPSA) is 538 Å². The number of methoxy groups -OCH3 is 2. The van der Waals surface area contributed by atoms with E-state index in [1.807, 2.05) is 84.7 Å². The van der Waals surface area contributed by atoms with Crippen LogP contribution in [-0.2, 0) is 75.1 Å². The fourth-order valence-electron chi connectivity index (χ4n) is 11.1. The number of aliphatic hydroxyl groups excluding tert-OH is 1. The first-order valence-corrected chi connectivity index (χ1v) is 39.8. The zero-order valence-electron chi connectivity index (χ0n) is 69.1. The smallest absolute Gasteiger partial charge is 0.411 e. The number of nitro groups is 2. The average Bonchev–Trinajstić information content (AvgIpc) is 1.62. The minimum absolute atomic E-state index is 0. The van der Waals surface area contributed by atoms with Crippen LogP contribution >= 0.6 is 116 Å². The lowest BCUT2D eigenvalue weighted by molar-refractivity contribution is -0.742. The number of rotatable bonds is 19. The van der Waals surface area contributed by atoms with E-state index in [0.717, 1.165) is 52.2 Å². The second-order valence-electron chi connectivity index (χ2n) is 25.5. The number of carboxylic acids is 3. The number of amides is 2. The van der Waals surface area contributed by atoms with Crippen LogP contribution in [0.5, 0.6) is 0 Å². The Labute approximate surface area is 802 Å². The van der Waals surface area contributed by atoms with Crippen LogP contribution < -0.4 is 34.5 Å². The van der Waals surface area contributed by atoms with Gasteiger partial charge in [-0.1, -0.05) is 216 Å². The van der Waals surface area contributed by atoms with E-state index in [-0.39, 0.29) is 99.6 Å². The molecule has 12 N–H and O–H groups in total. The summed E-state index contributed by atoms with van der Waals surface area (Å²) in [4.78, 5) is 128. The molecular formula is C81H96Cl11N13O25. The number of hydrogen-bond acceptors (Lipinski definition) is 22. The second kappa shape index (κ2) is 59.9. The van der Waals surface area contributed by atoms with E-state index in [4.69, 9.17) is 155 Å². The molecule has 0 unspecified atom stereocenters. The molecule has 49 heteroatoms. The Morgan fingerprint density at radius 1 is 0.492 bits per heavy atom. The van der Waals surface area contributed by atoms with Crippen LogP contribution in [0, 0.1) is 30.3 Å². The van der Waals surface area contributed by atoms with E-state index in [2.05, 4.69) is 90.5 Å². The number of halogens is 11. The van der Waals surface area contributed by atoms with Crippen molar-refractivity contribution in [2.24, 2.45) is 48.0 Å². The van der Waals surface area contributed by atoms with Gasteiger partial charge in [-0.05, 0) is 94.2 Å². The van der Waals surface area contributed by atoms with Gasteiger partial charge in [0.25, 0.3) is 24.0 Å². The number of aliphatic hydroxyl groups is 1. The number of hydrogen-bond donors (Lipinski definition) is 9. The number of carboxylic acid groups (broad SMARTS) is 3. The summed E-state index contributed by atoms with van der Waals surface area (Å²) in [5.41, 5.74) is 20.0. The molecule has 0 saturated carbocycles. The summed E-state index contributed by atoms with van der Waals surface area (Å²) in [6.07, 6.45) is 11.5. The van der Waals surface area contributed by atoms with E-state index in [9.17, 15) is 63.4 Å².